The van der Waals surface area contributed by atoms with E-state index in [0.717, 1.165) is 15.9 Å². The number of benzene rings is 1. The van der Waals surface area contributed by atoms with Gasteiger partial charge in [0.2, 0.25) is 0 Å². The van der Waals surface area contributed by atoms with Crippen molar-refractivity contribution in [3.8, 4) is 0 Å². The minimum Gasteiger partial charge on any atom is -0.384 e. The number of hydrogen-bond donors (Lipinski definition) is 1. The summed E-state index contributed by atoms with van der Waals surface area (Å²) in [6.45, 7) is 1.80. The third-order valence-electron chi connectivity index (χ3n) is 3.00. The van der Waals surface area contributed by atoms with Crippen molar-refractivity contribution in [3.05, 3.63) is 61.9 Å². The summed E-state index contributed by atoms with van der Waals surface area (Å²) in [4.78, 5) is 32.5. The molecular formula is C14H12N4O2S. The van der Waals surface area contributed by atoms with Gasteiger partial charge in [0, 0.05) is 16.5 Å². The van der Waals surface area contributed by atoms with Gasteiger partial charge in [-0.05, 0) is 19.1 Å². The molecule has 2 heterocycles. The van der Waals surface area contributed by atoms with Crippen LogP contribution in [0, 0.1) is 6.92 Å². The van der Waals surface area contributed by atoms with Crippen molar-refractivity contribution in [2.24, 2.45) is 0 Å². The van der Waals surface area contributed by atoms with Gasteiger partial charge in [-0.1, -0.05) is 23.5 Å². The average Bonchev–Trinajstić information content (AvgIpc) is 2.42. The van der Waals surface area contributed by atoms with Crippen molar-refractivity contribution < 1.29 is 0 Å². The van der Waals surface area contributed by atoms with Crippen molar-refractivity contribution in [2.75, 3.05) is 5.73 Å². The molecule has 0 saturated heterocycles. The zero-order valence-corrected chi connectivity index (χ0v) is 12.1. The minimum absolute atomic E-state index is 0.0187. The maximum absolute atomic E-state index is 12.4. The number of nitrogens with zero attached hydrogens (tertiary/aromatic N) is 3. The highest BCUT2D eigenvalue weighted by Crippen LogP contribution is 2.11. The standard InChI is InChI=1S/C14H12N4O2S/c1-8-6-11(15)17-12(16-8)7-18-13(19)9-4-2-3-5-10(9)21-14(18)20/h2-6H,7H2,1H3,(H2,15,16,17). The second-order valence-corrected chi connectivity index (χ2v) is 5.60. The highest BCUT2D eigenvalue weighted by molar-refractivity contribution is 7.16. The molecule has 2 N–H and O–H groups in total. The molecule has 0 aliphatic heterocycles. The summed E-state index contributed by atoms with van der Waals surface area (Å²) in [5.74, 6) is 0.677. The lowest BCUT2D eigenvalue weighted by Gasteiger charge is -2.06. The lowest BCUT2D eigenvalue weighted by molar-refractivity contribution is 0.706. The molecule has 2 aromatic heterocycles. The first-order chi connectivity index (χ1) is 10.0. The van der Waals surface area contributed by atoms with Gasteiger partial charge in [-0.3, -0.25) is 14.2 Å². The van der Waals surface area contributed by atoms with Gasteiger partial charge in [-0.25, -0.2) is 9.97 Å². The lowest BCUT2D eigenvalue weighted by Crippen LogP contribution is -2.32. The number of aryl methyl sites for hydroxylation is 1. The third-order valence-corrected chi connectivity index (χ3v) is 3.97. The minimum atomic E-state index is -0.335. The van der Waals surface area contributed by atoms with E-state index in [-0.39, 0.29) is 17.0 Å². The Labute approximate surface area is 123 Å². The maximum atomic E-state index is 12.4. The smallest absolute Gasteiger partial charge is 0.310 e. The molecule has 0 aliphatic rings. The van der Waals surface area contributed by atoms with Crippen LogP contribution in [0.1, 0.15) is 11.5 Å². The molecule has 0 unspecified atom stereocenters. The number of nitrogens with two attached hydrogens (primary N) is 1. The normalized spacial score (nSPS) is 10.9. The van der Waals surface area contributed by atoms with Gasteiger partial charge >= 0.3 is 4.87 Å². The summed E-state index contributed by atoms with van der Waals surface area (Å²) in [5, 5.41) is 0.516. The quantitative estimate of drug-likeness (QED) is 0.766. The molecule has 0 aliphatic carbocycles. The highest BCUT2D eigenvalue weighted by atomic mass is 32.1. The van der Waals surface area contributed by atoms with E-state index in [1.807, 2.05) is 0 Å². The van der Waals surface area contributed by atoms with Crippen LogP contribution in [0.2, 0.25) is 0 Å². The van der Waals surface area contributed by atoms with Crippen LogP contribution in [-0.2, 0) is 6.54 Å². The second-order valence-electron chi connectivity index (χ2n) is 4.61. The Kier molecular flexibility index (Phi) is 3.26. The van der Waals surface area contributed by atoms with Crippen molar-refractivity contribution in [1.82, 2.24) is 14.5 Å². The average molecular weight is 300 g/mol. The molecule has 0 atom stereocenters. The number of fused-ring (bicyclic) bond motifs is 1. The van der Waals surface area contributed by atoms with Crippen LogP contribution in [0.4, 0.5) is 5.82 Å². The Morgan fingerprint density at radius 3 is 2.76 bits per heavy atom. The topological polar surface area (TPSA) is 90.9 Å². The number of rotatable bonds is 2. The van der Waals surface area contributed by atoms with Crippen LogP contribution in [0.15, 0.2) is 39.9 Å². The van der Waals surface area contributed by atoms with Crippen molar-refractivity contribution >= 4 is 27.2 Å². The molecule has 6 nitrogen and oxygen atoms in total. The summed E-state index contributed by atoms with van der Waals surface area (Å²) in [7, 11) is 0. The first-order valence-corrected chi connectivity index (χ1v) is 7.09. The predicted octanol–water partition coefficient (Wildman–Crippen LogP) is 1.15. The molecule has 7 heteroatoms. The molecule has 21 heavy (non-hydrogen) atoms. The molecule has 0 radical (unpaired) electrons. The van der Waals surface area contributed by atoms with Crippen LogP contribution in [-0.4, -0.2) is 14.5 Å². The van der Waals surface area contributed by atoms with E-state index in [1.54, 1.807) is 37.3 Å². The van der Waals surface area contributed by atoms with Crippen LogP contribution < -0.4 is 16.2 Å². The van der Waals surface area contributed by atoms with E-state index < -0.39 is 0 Å². The zero-order valence-electron chi connectivity index (χ0n) is 11.2. The Hall–Kier alpha value is -2.54. The fourth-order valence-corrected chi connectivity index (χ4v) is 2.97. The summed E-state index contributed by atoms with van der Waals surface area (Å²) in [5.41, 5.74) is 6.03. The molecule has 0 saturated carbocycles. The van der Waals surface area contributed by atoms with E-state index in [1.165, 1.54) is 0 Å². The van der Waals surface area contributed by atoms with Crippen LogP contribution in [0.25, 0.3) is 10.1 Å². The van der Waals surface area contributed by atoms with Gasteiger partial charge in [0.25, 0.3) is 5.56 Å². The Bertz CT molecular complexity index is 925. The van der Waals surface area contributed by atoms with Gasteiger partial charge in [-0.2, -0.15) is 0 Å². The second kappa shape index (κ2) is 5.10. The summed E-state index contributed by atoms with van der Waals surface area (Å²) in [6, 6.07) is 8.66. The third kappa shape index (κ3) is 2.55. The fraction of sp³-hybridized carbons (Fsp3) is 0.143. The number of nitrogen functional groups attached to an aromatic ring is 1. The molecule has 3 aromatic rings. The molecule has 1 aromatic carbocycles. The van der Waals surface area contributed by atoms with Crippen molar-refractivity contribution in [1.29, 1.82) is 0 Å². The van der Waals surface area contributed by atoms with E-state index >= 15 is 0 Å². The Balaban J connectivity index is 2.17. The van der Waals surface area contributed by atoms with Gasteiger partial charge in [0.05, 0.1) is 11.9 Å². The number of hydrogen-bond acceptors (Lipinski definition) is 6. The lowest BCUT2D eigenvalue weighted by atomic mass is 10.3. The predicted molar refractivity (Wildman–Crippen MR) is 82.6 cm³/mol. The van der Waals surface area contributed by atoms with E-state index in [2.05, 4.69) is 9.97 Å². The molecule has 3 rings (SSSR count). The van der Waals surface area contributed by atoms with Crippen LogP contribution in [0.5, 0.6) is 0 Å². The molecular weight excluding hydrogens is 288 g/mol. The van der Waals surface area contributed by atoms with Gasteiger partial charge in [0.15, 0.2) is 5.82 Å². The fourth-order valence-electron chi connectivity index (χ4n) is 2.11. The summed E-state index contributed by atoms with van der Waals surface area (Å²) in [6.07, 6.45) is 0. The van der Waals surface area contributed by atoms with E-state index in [4.69, 9.17) is 5.73 Å². The molecule has 0 bridgehead atoms. The zero-order chi connectivity index (χ0) is 15.0. The van der Waals surface area contributed by atoms with Gasteiger partial charge < -0.3 is 5.73 Å². The number of aromatic nitrogens is 3. The van der Waals surface area contributed by atoms with Crippen molar-refractivity contribution in [2.45, 2.75) is 13.5 Å². The summed E-state index contributed by atoms with van der Waals surface area (Å²) < 4.78 is 1.81. The molecule has 0 spiro atoms. The molecule has 0 amide bonds. The SMILES string of the molecule is Cc1cc(N)nc(Cn2c(=O)sc3ccccc3c2=O)n1. The number of anilines is 1. The first-order valence-electron chi connectivity index (χ1n) is 6.27. The van der Waals surface area contributed by atoms with E-state index in [9.17, 15) is 9.59 Å². The van der Waals surface area contributed by atoms with E-state index in [0.29, 0.717) is 27.4 Å². The van der Waals surface area contributed by atoms with Crippen LogP contribution >= 0.6 is 11.3 Å². The van der Waals surface area contributed by atoms with Gasteiger partial charge in [0.1, 0.15) is 5.82 Å². The maximum Gasteiger partial charge on any atom is 0.310 e. The Morgan fingerprint density at radius 1 is 1.24 bits per heavy atom. The largest absolute Gasteiger partial charge is 0.384 e. The highest BCUT2D eigenvalue weighted by Gasteiger charge is 2.10. The monoisotopic (exact) mass is 300 g/mol. The molecule has 0 fully saturated rings. The van der Waals surface area contributed by atoms with Gasteiger partial charge in [-0.15, -0.1) is 0 Å². The van der Waals surface area contributed by atoms with Crippen LogP contribution in [0.3, 0.4) is 0 Å². The first kappa shape index (κ1) is 13.4. The van der Waals surface area contributed by atoms with Crippen molar-refractivity contribution in [3.63, 3.8) is 0 Å². The summed E-state index contributed by atoms with van der Waals surface area (Å²) >= 11 is 1.03. The molecule has 106 valence electrons. The Morgan fingerprint density at radius 2 is 2.00 bits per heavy atom.